The first kappa shape index (κ1) is 23.8. The van der Waals surface area contributed by atoms with E-state index in [1.54, 1.807) is 0 Å². The molecular weight excluding hydrogens is 400 g/mol. The first-order valence-corrected chi connectivity index (χ1v) is 11.7. The average molecular weight is 437 g/mol. The summed E-state index contributed by atoms with van der Waals surface area (Å²) in [4.78, 5) is 16.7. The van der Waals surface area contributed by atoms with Crippen molar-refractivity contribution in [3.63, 3.8) is 0 Å². The second-order valence-corrected chi connectivity index (χ2v) is 8.27. The third-order valence-corrected chi connectivity index (χ3v) is 5.69. The van der Waals surface area contributed by atoms with Gasteiger partial charge in [-0.05, 0) is 44.2 Å². The number of ether oxygens (including phenoxy) is 1. The summed E-state index contributed by atoms with van der Waals surface area (Å²) in [5, 5.41) is 9.60. The van der Waals surface area contributed by atoms with Crippen LogP contribution in [0.5, 0.6) is 0 Å². The number of aliphatic imine (C=N–C) groups is 1. The summed E-state index contributed by atoms with van der Waals surface area (Å²) in [6, 6.07) is 18.8. The number of carbonyl (C=O) groups is 1. The fourth-order valence-electron chi connectivity index (χ4n) is 3.94. The predicted molar refractivity (Wildman–Crippen MR) is 130 cm³/mol. The van der Waals surface area contributed by atoms with Crippen molar-refractivity contribution in [2.24, 2.45) is 10.9 Å². The highest BCUT2D eigenvalue weighted by molar-refractivity contribution is 5.84. The molecule has 0 aromatic heterocycles. The highest BCUT2D eigenvalue weighted by Crippen LogP contribution is 2.33. The molecule has 1 aliphatic rings. The molecule has 1 fully saturated rings. The fourth-order valence-corrected chi connectivity index (χ4v) is 3.94. The number of guanidine groups is 1. The maximum Gasteiger partial charge on any atom is 0.241 e. The third-order valence-electron chi connectivity index (χ3n) is 5.69. The number of aryl methyl sites for hydroxylation is 1. The summed E-state index contributed by atoms with van der Waals surface area (Å²) in [7, 11) is 0. The van der Waals surface area contributed by atoms with Crippen LogP contribution < -0.4 is 16.0 Å². The van der Waals surface area contributed by atoms with Crippen molar-refractivity contribution in [2.45, 2.75) is 39.2 Å². The van der Waals surface area contributed by atoms with Gasteiger partial charge in [0.1, 0.15) is 6.54 Å². The molecule has 1 amide bonds. The van der Waals surface area contributed by atoms with Crippen LogP contribution in [0.3, 0.4) is 0 Å². The number of nitrogens with one attached hydrogen (secondary N) is 3. The second-order valence-electron chi connectivity index (χ2n) is 8.27. The largest absolute Gasteiger partial charge is 0.373 e. The van der Waals surface area contributed by atoms with E-state index in [0.717, 1.165) is 39.0 Å². The topological polar surface area (TPSA) is 74.8 Å². The van der Waals surface area contributed by atoms with Crippen molar-refractivity contribution in [3.05, 3.63) is 71.3 Å². The van der Waals surface area contributed by atoms with E-state index in [-0.39, 0.29) is 18.6 Å². The zero-order valence-corrected chi connectivity index (χ0v) is 19.3. The molecule has 1 heterocycles. The predicted octanol–water partition coefficient (Wildman–Crippen LogP) is 3.38. The van der Waals surface area contributed by atoms with Gasteiger partial charge in [-0.3, -0.25) is 4.79 Å². The Hall–Kier alpha value is -2.86. The zero-order valence-electron chi connectivity index (χ0n) is 19.3. The van der Waals surface area contributed by atoms with Crippen LogP contribution in [0.15, 0.2) is 59.6 Å². The summed E-state index contributed by atoms with van der Waals surface area (Å²) in [5.74, 6) is 0.950. The van der Waals surface area contributed by atoms with Crippen molar-refractivity contribution in [3.8, 4) is 0 Å². The molecule has 2 atom stereocenters. The minimum Gasteiger partial charge on any atom is -0.373 e. The van der Waals surface area contributed by atoms with E-state index in [9.17, 15) is 4.79 Å². The molecule has 2 aromatic rings. The number of hydrogen-bond acceptors (Lipinski definition) is 3. The molecular formula is C26H36N4O2. The highest BCUT2D eigenvalue weighted by atomic mass is 16.5. The maximum absolute atomic E-state index is 12.2. The molecule has 0 aliphatic carbocycles. The number of rotatable bonds is 9. The minimum absolute atomic E-state index is 0.0725. The molecule has 0 bridgehead atoms. The molecule has 3 N–H and O–H groups in total. The molecule has 0 saturated carbocycles. The number of amides is 1. The van der Waals surface area contributed by atoms with Crippen LogP contribution in [0.25, 0.3) is 0 Å². The van der Waals surface area contributed by atoms with E-state index in [1.807, 2.05) is 25.1 Å². The molecule has 3 rings (SSSR count). The lowest BCUT2D eigenvalue weighted by molar-refractivity contribution is -0.119. The van der Waals surface area contributed by atoms with E-state index in [2.05, 4.69) is 64.3 Å². The Morgan fingerprint density at radius 2 is 1.84 bits per heavy atom. The van der Waals surface area contributed by atoms with Gasteiger partial charge in [-0.15, -0.1) is 0 Å². The van der Waals surface area contributed by atoms with Crippen molar-refractivity contribution in [1.29, 1.82) is 0 Å². The van der Waals surface area contributed by atoms with Crippen LogP contribution in [0.1, 0.15) is 42.6 Å². The Morgan fingerprint density at radius 3 is 2.59 bits per heavy atom. The number of carbonyl (C=O) groups excluding carboxylic acids is 1. The molecule has 2 aromatic carbocycles. The molecule has 2 unspecified atom stereocenters. The van der Waals surface area contributed by atoms with Gasteiger partial charge in [0, 0.05) is 32.2 Å². The summed E-state index contributed by atoms with van der Waals surface area (Å²) in [6.45, 7) is 7.13. The summed E-state index contributed by atoms with van der Waals surface area (Å²) >= 11 is 0. The van der Waals surface area contributed by atoms with Gasteiger partial charge in [0.15, 0.2) is 5.96 Å². The highest BCUT2D eigenvalue weighted by Gasteiger charge is 2.27. The molecule has 1 saturated heterocycles. The van der Waals surface area contributed by atoms with Gasteiger partial charge in [-0.25, -0.2) is 4.99 Å². The standard InChI is InChI=1S/C26H36N4O2/c1-3-27-26(30-19-24(31)28-16-15-21-8-5-4-6-9-21)29-18-23-10-7-17-32-25(23)22-13-11-20(2)12-14-22/h4-6,8-9,11-14,23,25H,3,7,10,15-19H2,1-2H3,(H,28,31)(H2,27,29,30). The molecule has 32 heavy (non-hydrogen) atoms. The van der Waals surface area contributed by atoms with Gasteiger partial charge in [0.2, 0.25) is 5.91 Å². The van der Waals surface area contributed by atoms with Crippen molar-refractivity contribution >= 4 is 11.9 Å². The van der Waals surface area contributed by atoms with Gasteiger partial charge in [-0.1, -0.05) is 60.2 Å². The quantitative estimate of drug-likeness (QED) is 0.416. The van der Waals surface area contributed by atoms with Gasteiger partial charge in [0.05, 0.1) is 6.10 Å². The summed E-state index contributed by atoms with van der Waals surface area (Å²) < 4.78 is 6.12. The van der Waals surface area contributed by atoms with E-state index in [0.29, 0.717) is 18.4 Å². The van der Waals surface area contributed by atoms with Crippen LogP contribution >= 0.6 is 0 Å². The average Bonchev–Trinajstić information content (AvgIpc) is 2.82. The number of benzene rings is 2. The Labute approximate surface area is 191 Å². The normalized spacial score (nSPS) is 18.8. The summed E-state index contributed by atoms with van der Waals surface area (Å²) in [5.41, 5.74) is 3.69. The lowest BCUT2D eigenvalue weighted by atomic mass is 9.89. The molecule has 6 nitrogen and oxygen atoms in total. The van der Waals surface area contributed by atoms with E-state index in [4.69, 9.17) is 4.74 Å². The monoisotopic (exact) mass is 436 g/mol. The third kappa shape index (κ3) is 7.68. The zero-order chi connectivity index (χ0) is 22.6. The van der Waals surface area contributed by atoms with Crippen LogP contribution in [0.4, 0.5) is 0 Å². The Bertz CT molecular complexity index is 852. The van der Waals surface area contributed by atoms with Crippen LogP contribution in [-0.2, 0) is 16.0 Å². The second kappa shape index (κ2) is 12.9. The lowest BCUT2D eigenvalue weighted by Crippen LogP contribution is -2.42. The Kier molecular flexibility index (Phi) is 9.57. The minimum atomic E-state index is -0.0725. The van der Waals surface area contributed by atoms with Gasteiger partial charge in [0.25, 0.3) is 0 Å². The van der Waals surface area contributed by atoms with E-state index in [1.165, 1.54) is 16.7 Å². The first-order chi connectivity index (χ1) is 15.7. The molecule has 6 heteroatoms. The van der Waals surface area contributed by atoms with Gasteiger partial charge < -0.3 is 20.7 Å². The van der Waals surface area contributed by atoms with E-state index >= 15 is 0 Å². The van der Waals surface area contributed by atoms with Crippen molar-refractivity contribution < 1.29 is 9.53 Å². The van der Waals surface area contributed by atoms with E-state index < -0.39 is 0 Å². The Morgan fingerprint density at radius 1 is 1.06 bits per heavy atom. The SMILES string of the molecule is CCNC(=NCC(=O)NCCc1ccccc1)NCC1CCCOC1c1ccc(C)cc1. The van der Waals surface area contributed by atoms with Crippen LogP contribution in [-0.4, -0.2) is 44.7 Å². The molecule has 172 valence electrons. The van der Waals surface area contributed by atoms with Crippen LogP contribution in [0, 0.1) is 12.8 Å². The smallest absolute Gasteiger partial charge is 0.241 e. The molecule has 0 spiro atoms. The molecule has 0 radical (unpaired) electrons. The lowest BCUT2D eigenvalue weighted by Gasteiger charge is -2.32. The maximum atomic E-state index is 12.2. The van der Waals surface area contributed by atoms with Gasteiger partial charge >= 0.3 is 0 Å². The first-order valence-electron chi connectivity index (χ1n) is 11.7. The molecule has 1 aliphatic heterocycles. The fraction of sp³-hybridized carbons (Fsp3) is 0.462. The number of nitrogens with zero attached hydrogens (tertiary/aromatic N) is 1. The summed E-state index contributed by atoms with van der Waals surface area (Å²) in [6.07, 6.45) is 3.06. The number of hydrogen-bond donors (Lipinski definition) is 3. The Balaban J connectivity index is 1.49. The van der Waals surface area contributed by atoms with Crippen molar-refractivity contribution in [1.82, 2.24) is 16.0 Å². The van der Waals surface area contributed by atoms with Gasteiger partial charge in [-0.2, -0.15) is 0 Å². The van der Waals surface area contributed by atoms with Crippen molar-refractivity contribution in [2.75, 3.05) is 32.8 Å². The van der Waals surface area contributed by atoms with Crippen LogP contribution in [0.2, 0.25) is 0 Å².